The zero-order valence-corrected chi connectivity index (χ0v) is 18.4. The van der Waals surface area contributed by atoms with Gasteiger partial charge in [-0.1, -0.05) is 16.9 Å². The van der Waals surface area contributed by atoms with Crippen LogP contribution in [0, 0.1) is 20.8 Å². The Hall–Kier alpha value is -3.20. The lowest BCUT2D eigenvalue weighted by atomic mass is 10.2. The first kappa shape index (κ1) is 19.7. The van der Waals surface area contributed by atoms with Gasteiger partial charge in [0.15, 0.2) is 22.6 Å². The van der Waals surface area contributed by atoms with Crippen LogP contribution in [0.3, 0.4) is 0 Å². The Bertz CT molecular complexity index is 1250. The Balaban J connectivity index is 1.38. The number of Topliss-reactive ketones (excluding diaryl/α,β-unsaturated/α-hetero) is 1. The normalized spacial score (nSPS) is 13.6. The lowest BCUT2D eigenvalue weighted by Crippen LogP contribution is -2.07. The fourth-order valence-corrected chi connectivity index (χ4v) is 4.68. The molecule has 0 atom stereocenters. The Morgan fingerprint density at radius 3 is 2.74 bits per heavy atom. The lowest BCUT2D eigenvalue weighted by Gasteiger charge is -2.08. The number of ketones is 1. The highest BCUT2D eigenvalue weighted by molar-refractivity contribution is 7.99. The molecule has 8 nitrogen and oxygen atoms in total. The minimum atomic E-state index is 0.0536. The van der Waals surface area contributed by atoms with E-state index in [1.807, 2.05) is 49.6 Å². The number of carbonyl (C=O) groups is 1. The van der Waals surface area contributed by atoms with Crippen molar-refractivity contribution in [2.24, 2.45) is 0 Å². The topological polar surface area (TPSA) is 91.6 Å². The standard InChI is InChI=1S/C22H22N6O2S/c1-13-9-18(15(3)27(13)20-10-14(2)30-26-20)19(29)12-31-22-25-24-21(28(22)17-6-7-17)16-5-4-8-23-11-16/h4-5,8-11,17H,6-7,12H2,1-3H3. The Labute approximate surface area is 183 Å². The molecule has 0 radical (unpaired) electrons. The molecule has 0 aliphatic heterocycles. The minimum Gasteiger partial charge on any atom is -0.360 e. The smallest absolute Gasteiger partial charge is 0.192 e. The molecule has 5 rings (SSSR count). The van der Waals surface area contributed by atoms with Gasteiger partial charge in [0, 0.05) is 47.0 Å². The maximum atomic E-state index is 13.1. The molecule has 4 aromatic heterocycles. The Kier molecular flexibility index (Phi) is 4.97. The average molecular weight is 435 g/mol. The van der Waals surface area contributed by atoms with E-state index in [-0.39, 0.29) is 5.78 Å². The third kappa shape index (κ3) is 3.69. The molecule has 4 heterocycles. The number of hydrogen-bond acceptors (Lipinski definition) is 7. The van der Waals surface area contributed by atoms with Gasteiger partial charge in [0.1, 0.15) is 5.76 Å². The van der Waals surface area contributed by atoms with Gasteiger partial charge in [-0.2, -0.15) is 0 Å². The van der Waals surface area contributed by atoms with E-state index in [0.717, 1.165) is 46.5 Å². The Morgan fingerprint density at radius 1 is 1.23 bits per heavy atom. The van der Waals surface area contributed by atoms with Crippen LogP contribution in [0.4, 0.5) is 0 Å². The summed E-state index contributed by atoms with van der Waals surface area (Å²) in [5.41, 5.74) is 3.43. The number of carbonyl (C=O) groups excluding carboxylic acids is 1. The minimum absolute atomic E-state index is 0.0536. The molecule has 9 heteroatoms. The van der Waals surface area contributed by atoms with E-state index >= 15 is 0 Å². The second-order valence-corrected chi connectivity index (χ2v) is 8.72. The van der Waals surface area contributed by atoms with E-state index in [2.05, 4.69) is 24.9 Å². The van der Waals surface area contributed by atoms with E-state index in [1.165, 1.54) is 11.8 Å². The van der Waals surface area contributed by atoms with Crippen LogP contribution in [0.25, 0.3) is 17.2 Å². The van der Waals surface area contributed by atoms with Gasteiger partial charge in [-0.05, 0) is 51.8 Å². The molecule has 0 bridgehead atoms. The lowest BCUT2D eigenvalue weighted by molar-refractivity contribution is 0.102. The van der Waals surface area contributed by atoms with Gasteiger partial charge in [0.2, 0.25) is 0 Å². The van der Waals surface area contributed by atoms with Crippen LogP contribution in [-0.2, 0) is 0 Å². The molecular weight excluding hydrogens is 412 g/mol. The van der Waals surface area contributed by atoms with E-state index in [4.69, 9.17) is 4.52 Å². The first-order valence-corrected chi connectivity index (χ1v) is 11.2. The number of hydrogen-bond donors (Lipinski definition) is 0. The van der Waals surface area contributed by atoms with Gasteiger partial charge in [0.05, 0.1) is 5.75 Å². The summed E-state index contributed by atoms with van der Waals surface area (Å²) in [5, 5.41) is 13.6. The zero-order valence-electron chi connectivity index (χ0n) is 17.6. The molecule has 0 saturated heterocycles. The highest BCUT2D eigenvalue weighted by Gasteiger charge is 2.30. The fourth-order valence-electron chi connectivity index (χ4n) is 3.79. The van der Waals surface area contributed by atoms with Crippen molar-refractivity contribution in [1.82, 2.24) is 29.5 Å². The molecular formula is C22H22N6O2S. The van der Waals surface area contributed by atoms with Crippen molar-refractivity contribution in [3.63, 3.8) is 0 Å². The first-order chi connectivity index (χ1) is 15.0. The highest BCUT2D eigenvalue weighted by atomic mass is 32.2. The molecule has 1 saturated carbocycles. The Morgan fingerprint density at radius 2 is 2.06 bits per heavy atom. The van der Waals surface area contributed by atoms with Gasteiger partial charge >= 0.3 is 0 Å². The van der Waals surface area contributed by atoms with Crippen molar-refractivity contribution < 1.29 is 9.32 Å². The molecule has 31 heavy (non-hydrogen) atoms. The summed E-state index contributed by atoms with van der Waals surface area (Å²) in [6.07, 6.45) is 5.74. The van der Waals surface area contributed by atoms with Gasteiger partial charge < -0.3 is 4.52 Å². The number of aromatic nitrogens is 6. The molecule has 0 N–H and O–H groups in total. The van der Waals surface area contributed by atoms with E-state index in [9.17, 15) is 4.79 Å². The van der Waals surface area contributed by atoms with Crippen molar-refractivity contribution in [2.75, 3.05) is 5.75 Å². The third-order valence-corrected chi connectivity index (χ3v) is 6.35. The number of rotatable bonds is 7. The highest BCUT2D eigenvalue weighted by Crippen LogP contribution is 2.41. The maximum Gasteiger partial charge on any atom is 0.192 e. The molecule has 0 aromatic carbocycles. The largest absolute Gasteiger partial charge is 0.360 e. The number of thioether (sulfide) groups is 1. The van der Waals surface area contributed by atoms with Crippen molar-refractivity contribution in [2.45, 2.75) is 44.8 Å². The molecule has 1 fully saturated rings. The molecule has 158 valence electrons. The zero-order chi connectivity index (χ0) is 21.5. The second-order valence-electron chi connectivity index (χ2n) is 7.78. The number of aryl methyl sites for hydroxylation is 2. The van der Waals surface area contributed by atoms with Crippen LogP contribution < -0.4 is 0 Å². The van der Waals surface area contributed by atoms with Crippen molar-refractivity contribution in [1.29, 1.82) is 0 Å². The van der Waals surface area contributed by atoms with E-state index in [1.54, 1.807) is 12.4 Å². The fraction of sp³-hybridized carbons (Fsp3) is 0.318. The summed E-state index contributed by atoms with van der Waals surface area (Å²) in [5.74, 6) is 2.58. The van der Waals surface area contributed by atoms with Crippen LogP contribution in [0.2, 0.25) is 0 Å². The first-order valence-electron chi connectivity index (χ1n) is 10.2. The van der Waals surface area contributed by atoms with Crippen LogP contribution in [-0.4, -0.2) is 41.0 Å². The van der Waals surface area contributed by atoms with Crippen LogP contribution in [0.1, 0.15) is 46.4 Å². The predicted molar refractivity (Wildman–Crippen MR) is 117 cm³/mol. The maximum absolute atomic E-state index is 13.1. The van der Waals surface area contributed by atoms with Crippen LogP contribution >= 0.6 is 11.8 Å². The third-order valence-electron chi connectivity index (χ3n) is 5.40. The number of nitrogens with zero attached hydrogens (tertiary/aromatic N) is 6. The summed E-state index contributed by atoms with van der Waals surface area (Å²) in [7, 11) is 0. The quantitative estimate of drug-likeness (QED) is 0.315. The number of pyridine rings is 1. The summed E-state index contributed by atoms with van der Waals surface area (Å²) < 4.78 is 9.30. The summed E-state index contributed by atoms with van der Waals surface area (Å²) in [6, 6.07) is 8.04. The molecule has 1 aliphatic rings. The van der Waals surface area contributed by atoms with E-state index in [0.29, 0.717) is 23.2 Å². The van der Waals surface area contributed by atoms with Crippen LogP contribution in [0.15, 0.2) is 46.3 Å². The predicted octanol–water partition coefficient (Wildman–Crippen LogP) is 4.35. The molecule has 4 aromatic rings. The average Bonchev–Trinajstić information content (AvgIpc) is 3.26. The van der Waals surface area contributed by atoms with Gasteiger partial charge in [0.25, 0.3) is 0 Å². The molecule has 0 amide bonds. The van der Waals surface area contributed by atoms with Crippen molar-refractivity contribution in [3.8, 4) is 17.2 Å². The van der Waals surface area contributed by atoms with Gasteiger partial charge in [-0.25, -0.2) is 0 Å². The van der Waals surface area contributed by atoms with Crippen molar-refractivity contribution in [3.05, 3.63) is 59.4 Å². The summed E-state index contributed by atoms with van der Waals surface area (Å²) in [4.78, 5) is 17.3. The summed E-state index contributed by atoms with van der Waals surface area (Å²) in [6.45, 7) is 5.75. The molecule has 1 aliphatic carbocycles. The summed E-state index contributed by atoms with van der Waals surface area (Å²) >= 11 is 1.43. The van der Waals surface area contributed by atoms with E-state index < -0.39 is 0 Å². The second kappa shape index (κ2) is 7.81. The van der Waals surface area contributed by atoms with Gasteiger partial charge in [-0.15, -0.1) is 10.2 Å². The van der Waals surface area contributed by atoms with Gasteiger partial charge in [-0.3, -0.25) is 18.9 Å². The van der Waals surface area contributed by atoms with Crippen LogP contribution in [0.5, 0.6) is 0 Å². The molecule has 0 spiro atoms. The SMILES string of the molecule is Cc1cc(-n2c(C)cc(C(=O)CSc3nnc(-c4cccnc4)n3C3CC3)c2C)no1. The van der Waals surface area contributed by atoms with Crippen molar-refractivity contribution >= 4 is 17.5 Å². The molecule has 0 unspecified atom stereocenters. The monoisotopic (exact) mass is 434 g/mol.